The molecule has 5 heteroatoms. The van der Waals surface area contributed by atoms with Crippen molar-refractivity contribution in [2.75, 3.05) is 49.5 Å². The van der Waals surface area contributed by atoms with Gasteiger partial charge >= 0.3 is 0 Å². The fourth-order valence-corrected chi connectivity index (χ4v) is 3.54. The Morgan fingerprint density at radius 1 is 1.00 bits per heavy atom. The van der Waals surface area contributed by atoms with Crippen LogP contribution in [0.15, 0.2) is 42.5 Å². The largest absolute Gasteiger partial charge is 0.492 e. The molecule has 2 aromatic carbocycles. The zero-order valence-electron chi connectivity index (χ0n) is 16.5. The lowest BCUT2D eigenvalue weighted by molar-refractivity contribution is -0.117. The van der Waals surface area contributed by atoms with E-state index in [9.17, 15) is 4.79 Å². The van der Waals surface area contributed by atoms with Gasteiger partial charge in [0, 0.05) is 31.9 Å². The maximum absolute atomic E-state index is 12.5. The Balaban J connectivity index is 1.55. The molecule has 0 bridgehead atoms. The van der Waals surface area contributed by atoms with Crippen LogP contribution in [-0.4, -0.2) is 50.1 Å². The van der Waals surface area contributed by atoms with E-state index in [1.165, 1.54) is 0 Å². The number of carbonyl (C=O) groups excluding carboxylic acids is 1. The monoisotopic (exact) mass is 367 g/mol. The fourth-order valence-electron chi connectivity index (χ4n) is 3.54. The van der Waals surface area contributed by atoms with Crippen molar-refractivity contribution in [3.8, 4) is 5.75 Å². The second-order valence-electron chi connectivity index (χ2n) is 6.98. The van der Waals surface area contributed by atoms with E-state index in [-0.39, 0.29) is 5.91 Å². The first kappa shape index (κ1) is 19.2. The number of hydrogen-bond donors (Lipinski definition) is 1. The predicted molar refractivity (Wildman–Crippen MR) is 111 cm³/mol. The summed E-state index contributed by atoms with van der Waals surface area (Å²) in [5, 5.41) is 3.08. The van der Waals surface area contributed by atoms with E-state index >= 15 is 0 Å². The molecule has 1 N–H and O–H groups in total. The maximum atomic E-state index is 12.5. The summed E-state index contributed by atoms with van der Waals surface area (Å²) in [6.07, 6.45) is 0. The highest BCUT2D eigenvalue weighted by molar-refractivity contribution is 5.93. The summed E-state index contributed by atoms with van der Waals surface area (Å²) < 4.78 is 5.75. The average molecular weight is 367 g/mol. The van der Waals surface area contributed by atoms with Crippen LogP contribution in [0.3, 0.4) is 0 Å². The van der Waals surface area contributed by atoms with Gasteiger partial charge in [0.2, 0.25) is 5.91 Å². The van der Waals surface area contributed by atoms with Crippen molar-refractivity contribution in [1.82, 2.24) is 4.90 Å². The van der Waals surface area contributed by atoms with Gasteiger partial charge in [0.25, 0.3) is 0 Å². The van der Waals surface area contributed by atoms with Crippen molar-refractivity contribution in [1.29, 1.82) is 0 Å². The molecule has 0 spiro atoms. The van der Waals surface area contributed by atoms with Crippen LogP contribution in [0.1, 0.15) is 18.1 Å². The van der Waals surface area contributed by atoms with Crippen LogP contribution in [0.2, 0.25) is 0 Å². The van der Waals surface area contributed by atoms with Crippen LogP contribution in [0.4, 0.5) is 11.4 Å². The molecular formula is C22H29N3O2. The van der Waals surface area contributed by atoms with Gasteiger partial charge in [0.05, 0.1) is 18.8 Å². The third kappa shape index (κ3) is 4.80. The van der Waals surface area contributed by atoms with E-state index in [0.717, 1.165) is 54.4 Å². The second-order valence-corrected chi connectivity index (χ2v) is 6.98. The van der Waals surface area contributed by atoms with E-state index in [0.29, 0.717) is 13.2 Å². The number of amides is 1. The number of para-hydroxylation sites is 3. The van der Waals surface area contributed by atoms with E-state index in [2.05, 4.69) is 21.2 Å². The SMILES string of the molecule is CCOc1ccccc1N1CCN(CC(=O)Nc2c(C)cccc2C)CC1. The Morgan fingerprint density at radius 2 is 1.67 bits per heavy atom. The molecule has 1 heterocycles. The number of hydrogen-bond acceptors (Lipinski definition) is 4. The maximum Gasteiger partial charge on any atom is 0.238 e. The molecule has 0 unspecified atom stereocenters. The Bertz CT molecular complexity index is 763. The average Bonchev–Trinajstić information content (AvgIpc) is 2.66. The van der Waals surface area contributed by atoms with Crippen molar-refractivity contribution in [3.05, 3.63) is 53.6 Å². The minimum Gasteiger partial charge on any atom is -0.492 e. The summed E-state index contributed by atoms with van der Waals surface area (Å²) in [6, 6.07) is 14.2. The Kier molecular flexibility index (Phi) is 6.35. The molecule has 27 heavy (non-hydrogen) atoms. The van der Waals surface area contributed by atoms with Gasteiger partial charge in [-0.1, -0.05) is 30.3 Å². The zero-order valence-corrected chi connectivity index (χ0v) is 16.5. The van der Waals surface area contributed by atoms with Crippen molar-refractivity contribution in [2.24, 2.45) is 0 Å². The highest BCUT2D eigenvalue weighted by Gasteiger charge is 2.21. The van der Waals surface area contributed by atoms with Gasteiger partial charge in [0.1, 0.15) is 5.75 Å². The number of aryl methyl sites for hydroxylation is 2. The molecule has 1 saturated heterocycles. The van der Waals surface area contributed by atoms with Gasteiger partial charge in [-0.05, 0) is 44.0 Å². The molecule has 1 aliphatic heterocycles. The number of rotatable bonds is 6. The topological polar surface area (TPSA) is 44.8 Å². The highest BCUT2D eigenvalue weighted by atomic mass is 16.5. The quantitative estimate of drug-likeness (QED) is 0.849. The minimum absolute atomic E-state index is 0.0515. The van der Waals surface area contributed by atoms with Crippen LogP contribution < -0.4 is 15.0 Å². The molecule has 0 aromatic heterocycles. The lowest BCUT2D eigenvalue weighted by atomic mass is 10.1. The van der Waals surface area contributed by atoms with Crippen molar-refractivity contribution in [2.45, 2.75) is 20.8 Å². The lowest BCUT2D eigenvalue weighted by Gasteiger charge is -2.36. The number of nitrogens with one attached hydrogen (secondary N) is 1. The number of piperazine rings is 1. The molecular weight excluding hydrogens is 338 g/mol. The zero-order chi connectivity index (χ0) is 19.2. The normalized spacial score (nSPS) is 14.9. The molecule has 0 saturated carbocycles. The summed E-state index contributed by atoms with van der Waals surface area (Å²) in [4.78, 5) is 17.0. The van der Waals surface area contributed by atoms with Crippen molar-refractivity contribution >= 4 is 17.3 Å². The molecule has 0 aliphatic carbocycles. The Morgan fingerprint density at radius 3 is 2.33 bits per heavy atom. The molecule has 2 aromatic rings. The van der Waals surface area contributed by atoms with Crippen molar-refractivity contribution in [3.63, 3.8) is 0 Å². The van der Waals surface area contributed by atoms with Crippen LogP contribution in [0, 0.1) is 13.8 Å². The van der Waals surface area contributed by atoms with Crippen LogP contribution in [0.5, 0.6) is 5.75 Å². The molecule has 5 nitrogen and oxygen atoms in total. The summed E-state index contributed by atoms with van der Waals surface area (Å²) in [7, 11) is 0. The molecule has 1 fully saturated rings. The Hall–Kier alpha value is -2.53. The molecule has 0 atom stereocenters. The molecule has 1 amide bonds. The standard InChI is InChI=1S/C22H29N3O2/c1-4-27-20-11-6-5-10-19(20)25-14-12-24(13-15-25)16-21(26)23-22-17(2)8-7-9-18(22)3/h5-11H,4,12-16H2,1-3H3,(H,23,26). The number of benzene rings is 2. The van der Waals surface area contributed by atoms with Gasteiger partial charge < -0.3 is 15.0 Å². The number of nitrogens with zero attached hydrogens (tertiary/aromatic N) is 2. The number of carbonyl (C=O) groups is 1. The van der Waals surface area contributed by atoms with Gasteiger partial charge in [-0.15, -0.1) is 0 Å². The second kappa shape index (κ2) is 8.91. The molecule has 3 rings (SSSR count). The Labute approximate surface area is 161 Å². The molecule has 144 valence electrons. The summed E-state index contributed by atoms with van der Waals surface area (Å²) in [5.41, 5.74) is 4.27. The summed E-state index contributed by atoms with van der Waals surface area (Å²) >= 11 is 0. The van der Waals surface area contributed by atoms with E-state index < -0.39 is 0 Å². The third-order valence-corrected chi connectivity index (χ3v) is 4.99. The lowest BCUT2D eigenvalue weighted by Crippen LogP contribution is -2.48. The summed E-state index contributed by atoms with van der Waals surface area (Å²) in [6.45, 7) is 10.6. The van der Waals surface area contributed by atoms with Gasteiger partial charge in [-0.2, -0.15) is 0 Å². The van der Waals surface area contributed by atoms with Crippen LogP contribution in [-0.2, 0) is 4.79 Å². The number of ether oxygens (including phenoxy) is 1. The highest BCUT2D eigenvalue weighted by Crippen LogP contribution is 2.28. The van der Waals surface area contributed by atoms with E-state index in [4.69, 9.17) is 4.74 Å². The van der Waals surface area contributed by atoms with E-state index in [1.54, 1.807) is 0 Å². The van der Waals surface area contributed by atoms with Gasteiger partial charge in [-0.3, -0.25) is 9.69 Å². The molecule has 0 radical (unpaired) electrons. The molecule has 1 aliphatic rings. The van der Waals surface area contributed by atoms with Gasteiger partial charge in [0.15, 0.2) is 0 Å². The number of anilines is 2. The van der Waals surface area contributed by atoms with Crippen LogP contribution in [0.25, 0.3) is 0 Å². The van der Waals surface area contributed by atoms with Crippen molar-refractivity contribution < 1.29 is 9.53 Å². The fraction of sp³-hybridized carbons (Fsp3) is 0.409. The first-order chi connectivity index (χ1) is 13.1. The first-order valence-corrected chi connectivity index (χ1v) is 9.63. The predicted octanol–water partition coefficient (Wildman–Crippen LogP) is 3.46. The summed E-state index contributed by atoms with van der Waals surface area (Å²) in [5.74, 6) is 0.983. The smallest absolute Gasteiger partial charge is 0.238 e. The van der Waals surface area contributed by atoms with E-state index in [1.807, 2.05) is 57.2 Å². The van der Waals surface area contributed by atoms with Gasteiger partial charge in [-0.25, -0.2) is 0 Å². The van der Waals surface area contributed by atoms with Crippen LogP contribution >= 0.6 is 0 Å². The minimum atomic E-state index is 0.0515. The third-order valence-electron chi connectivity index (χ3n) is 4.99. The first-order valence-electron chi connectivity index (χ1n) is 9.63.